The molecule has 2 rings (SSSR count). The smallest absolute Gasteiger partial charge is 0.325 e. The first-order chi connectivity index (χ1) is 9.08. The molecule has 19 heavy (non-hydrogen) atoms. The normalized spacial score (nSPS) is 10.2. The number of para-hydroxylation sites is 1. The highest BCUT2D eigenvalue weighted by molar-refractivity contribution is 5.90. The van der Waals surface area contributed by atoms with Crippen molar-refractivity contribution in [3.05, 3.63) is 63.4 Å². The topological polar surface area (TPSA) is 73.1 Å². The van der Waals surface area contributed by atoms with Crippen LogP contribution < -0.4 is 16.6 Å². The average molecular weight is 259 g/mol. The third kappa shape index (κ3) is 2.98. The summed E-state index contributed by atoms with van der Waals surface area (Å²) >= 11 is 0. The van der Waals surface area contributed by atoms with Gasteiger partial charge < -0.3 is 9.88 Å². The highest BCUT2D eigenvalue weighted by Gasteiger charge is 2.08. The molecule has 0 fully saturated rings. The van der Waals surface area contributed by atoms with E-state index in [1.807, 2.05) is 6.07 Å². The van der Waals surface area contributed by atoms with E-state index in [2.05, 4.69) is 5.32 Å². The number of carbonyl (C=O) groups is 1. The van der Waals surface area contributed by atoms with Crippen LogP contribution in [-0.2, 0) is 18.4 Å². The highest BCUT2D eigenvalue weighted by atomic mass is 16.2. The fraction of sp³-hybridized carbons (Fsp3) is 0.154. The molecule has 6 heteroatoms. The van der Waals surface area contributed by atoms with E-state index in [1.165, 1.54) is 23.9 Å². The molecular formula is C13H13N3O3. The third-order valence-corrected chi connectivity index (χ3v) is 2.60. The SMILES string of the molecule is Cn1ccc(=O)n(CC(=O)Nc2ccccc2)c1=O. The second kappa shape index (κ2) is 5.34. The Morgan fingerprint density at radius 1 is 1.16 bits per heavy atom. The van der Waals surface area contributed by atoms with Crippen LogP contribution in [-0.4, -0.2) is 15.0 Å². The zero-order chi connectivity index (χ0) is 13.8. The van der Waals surface area contributed by atoms with Crippen molar-refractivity contribution in [1.82, 2.24) is 9.13 Å². The van der Waals surface area contributed by atoms with Crippen LogP contribution in [0.1, 0.15) is 0 Å². The Balaban J connectivity index is 2.19. The van der Waals surface area contributed by atoms with Crippen molar-refractivity contribution >= 4 is 11.6 Å². The van der Waals surface area contributed by atoms with E-state index in [0.29, 0.717) is 5.69 Å². The number of rotatable bonds is 3. The molecule has 0 atom stereocenters. The number of nitrogens with zero attached hydrogens (tertiary/aromatic N) is 2. The Bertz CT molecular complexity index is 701. The van der Waals surface area contributed by atoms with Crippen LogP contribution in [0.2, 0.25) is 0 Å². The van der Waals surface area contributed by atoms with E-state index in [1.54, 1.807) is 24.3 Å². The maximum Gasteiger partial charge on any atom is 0.331 e. The van der Waals surface area contributed by atoms with Crippen molar-refractivity contribution in [2.75, 3.05) is 5.32 Å². The van der Waals surface area contributed by atoms with Crippen molar-refractivity contribution in [3.63, 3.8) is 0 Å². The highest BCUT2D eigenvalue weighted by Crippen LogP contribution is 2.04. The Morgan fingerprint density at radius 2 is 1.84 bits per heavy atom. The molecule has 0 saturated carbocycles. The molecule has 0 saturated heterocycles. The van der Waals surface area contributed by atoms with E-state index >= 15 is 0 Å². The third-order valence-electron chi connectivity index (χ3n) is 2.60. The molecule has 6 nitrogen and oxygen atoms in total. The zero-order valence-corrected chi connectivity index (χ0v) is 10.4. The van der Waals surface area contributed by atoms with E-state index in [-0.39, 0.29) is 6.54 Å². The summed E-state index contributed by atoms with van der Waals surface area (Å²) in [5, 5.41) is 2.62. The molecule has 0 radical (unpaired) electrons. The van der Waals surface area contributed by atoms with E-state index in [0.717, 1.165) is 4.57 Å². The first-order valence-electron chi connectivity index (χ1n) is 5.69. The maximum absolute atomic E-state index is 11.8. The monoisotopic (exact) mass is 259 g/mol. The molecule has 2 aromatic rings. The summed E-state index contributed by atoms with van der Waals surface area (Å²) in [5.74, 6) is -0.420. The number of hydrogen-bond acceptors (Lipinski definition) is 3. The average Bonchev–Trinajstić information content (AvgIpc) is 2.40. The summed E-state index contributed by atoms with van der Waals surface area (Å²) in [5.41, 5.74) is -0.393. The molecule has 0 bridgehead atoms. The summed E-state index contributed by atoms with van der Waals surface area (Å²) < 4.78 is 2.13. The second-order valence-electron chi connectivity index (χ2n) is 4.05. The number of nitrogens with one attached hydrogen (secondary N) is 1. The molecule has 0 aliphatic rings. The summed E-state index contributed by atoms with van der Waals surface area (Å²) in [7, 11) is 1.52. The van der Waals surface area contributed by atoms with Crippen LogP contribution in [0.15, 0.2) is 52.2 Å². The Hall–Kier alpha value is -2.63. The van der Waals surface area contributed by atoms with Gasteiger partial charge in [0.15, 0.2) is 0 Å². The minimum atomic E-state index is -0.518. The lowest BCUT2D eigenvalue weighted by Gasteiger charge is -2.07. The summed E-state index contributed by atoms with van der Waals surface area (Å²) in [6.45, 7) is -0.304. The van der Waals surface area contributed by atoms with Gasteiger partial charge in [0, 0.05) is 25.0 Å². The molecule has 98 valence electrons. The standard InChI is InChI=1S/C13H13N3O3/c1-15-8-7-12(18)16(13(15)19)9-11(17)14-10-5-3-2-4-6-10/h2-8H,9H2,1H3,(H,14,17). The summed E-state index contributed by atoms with van der Waals surface area (Å²) in [6.07, 6.45) is 1.37. The molecule has 0 aliphatic heterocycles. The quantitative estimate of drug-likeness (QED) is 0.855. The van der Waals surface area contributed by atoms with Gasteiger partial charge in [-0.25, -0.2) is 4.79 Å². The first kappa shape index (κ1) is 12.8. The Morgan fingerprint density at radius 3 is 2.53 bits per heavy atom. The van der Waals surface area contributed by atoms with Gasteiger partial charge >= 0.3 is 5.69 Å². The van der Waals surface area contributed by atoms with Crippen LogP contribution in [0.3, 0.4) is 0 Å². The van der Waals surface area contributed by atoms with Gasteiger partial charge in [0.2, 0.25) is 5.91 Å². The van der Waals surface area contributed by atoms with Crippen molar-refractivity contribution in [3.8, 4) is 0 Å². The number of aromatic nitrogens is 2. The van der Waals surface area contributed by atoms with Gasteiger partial charge in [0.1, 0.15) is 6.54 Å². The molecule has 1 N–H and O–H groups in total. The molecule has 1 aromatic heterocycles. The Kier molecular flexibility index (Phi) is 3.61. The number of carbonyl (C=O) groups excluding carboxylic acids is 1. The maximum atomic E-state index is 11.8. The fourth-order valence-electron chi connectivity index (χ4n) is 1.63. The molecule has 0 spiro atoms. The number of benzene rings is 1. The lowest BCUT2D eigenvalue weighted by atomic mass is 10.3. The van der Waals surface area contributed by atoms with Gasteiger partial charge in [0.25, 0.3) is 5.56 Å². The molecule has 1 amide bonds. The molecule has 0 aliphatic carbocycles. The number of hydrogen-bond donors (Lipinski definition) is 1. The minimum absolute atomic E-state index is 0.304. The predicted octanol–water partition coefficient (Wildman–Crippen LogP) is 0.186. The van der Waals surface area contributed by atoms with Gasteiger partial charge in [-0.05, 0) is 12.1 Å². The second-order valence-corrected chi connectivity index (χ2v) is 4.05. The van der Waals surface area contributed by atoms with Gasteiger partial charge in [-0.15, -0.1) is 0 Å². The van der Waals surface area contributed by atoms with Crippen LogP contribution in [0.5, 0.6) is 0 Å². The van der Waals surface area contributed by atoms with Crippen LogP contribution >= 0.6 is 0 Å². The lowest BCUT2D eigenvalue weighted by Crippen LogP contribution is -2.40. The molecule has 0 unspecified atom stereocenters. The van der Waals surface area contributed by atoms with Crippen molar-refractivity contribution in [2.45, 2.75) is 6.54 Å². The van der Waals surface area contributed by atoms with Crippen LogP contribution in [0.4, 0.5) is 5.69 Å². The summed E-state index contributed by atoms with van der Waals surface area (Å²) in [6, 6.07) is 10.1. The molecule has 1 heterocycles. The van der Waals surface area contributed by atoms with E-state index in [9.17, 15) is 14.4 Å². The first-order valence-corrected chi connectivity index (χ1v) is 5.69. The van der Waals surface area contributed by atoms with Crippen molar-refractivity contribution in [2.24, 2.45) is 7.05 Å². The van der Waals surface area contributed by atoms with Gasteiger partial charge in [-0.3, -0.25) is 14.2 Å². The fourth-order valence-corrected chi connectivity index (χ4v) is 1.63. The van der Waals surface area contributed by atoms with E-state index in [4.69, 9.17) is 0 Å². The largest absolute Gasteiger partial charge is 0.331 e. The van der Waals surface area contributed by atoms with Crippen LogP contribution in [0, 0.1) is 0 Å². The van der Waals surface area contributed by atoms with E-state index < -0.39 is 17.2 Å². The van der Waals surface area contributed by atoms with Gasteiger partial charge in [0.05, 0.1) is 0 Å². The zero-order valence-electron chi connectivity index (χ0n) is 10.4. The summed E-state index contributed by atoms with van der Waals surface area (Å²) in [4.78, 5) is 35.1. The van der Waals surface area contributed by atoms with Gasteiger partial charge in [-0.1, -0.05) is 18.2 Å². The molecular weight excluding hydrogens is 246 g/mol. The Labute approximate surface area is 108 Å². The van der Waals surface area contributed by atoms with Gasteiger partial charge in [-0.2, -0.15) is 0 Å². The van der Waals surface area contributed by atoms with Crippen molar-refractivity contribution < 1.29 is 4.79 Å². The number of aryl methyl sites for hydroxylation is 1. The van der Waals surface area contributed by atoms with Crippen molar-refractivity contribution in [1.29, 1.82) is 0 Å². The molecule has 1 aromatic carbocycles. The minimum Gasteiger partial charge on any atom is -0.325 e. The lowest BCUT2D eigenvalue weighted by molar-refractivity contribution is -0.116. The number of amides is 1. The number of anilines is 1. The predicted molar refractivity (Wildman–Crippen MR) is 71.0 cm³/mol. The van der Waals surface area contributed by atoms with Crippen LogP contribution in [0.25, 0.3) is 0 Å².